The number of benzene rings is 1. The summed E-state index contributed by atoms with van der Waals surface area (Å²) in [5.41, 5.74) is 3.73. The third-order valence-electron chi connectivity index (χ3n) is 6.42. The molecule has 1 fully saturated rings. The maximum absolute atomic E-state index is 13.8. The number of carbonyl (C=O) groups excluding carboxylic acids is 2. The molecule has 5 nitrogen and oxygen atoms in total. The second-order valence-corrected chi connectivity index (χ2v) is 9.85. The van der Waals surface area contributed by atoms with Crippen LogP contribution in [0.15, 0.2) is 60.2 Å². The lowest BCUT2D eigenvalue weighted by molar-refractivity contribution is -0.127. The smallest absolute Gasteiger partial charge is 0.248 e. The van der Waals surface area contributed by atoms with E-state index in [0.717, 1.165) is 52.9 Å². The molecule has 2 amide bonds. The number of thiophene rings is 1. The third kappa shape index (κ3) is 5.69. The number of rotatable bonds is 7. The lowest BCUT2D eigenvalue weighted by Crippen LogP contribution is -2.47. The number of hydrogen-bond donors (Lipinski definition) is 1. The fourth-order valence-corrected chi connectivity index (χ4v) is 5.15. The van der Waals surface area contributed by atoms with Crippen molar-refractivity contribution in [2.75, 3.05) is 4.90 Å². The number of anilines is 1. The van der Waals surface area contributed by atoms with Crippen molar-refractivity contribution in [1.82, 2.24) is 10.3 Å². The van der Waals surface area contributed by atoms with Crippen molar-refractivity contribution in [3.63, 3.8) is 0 Å². The molecule has 4 rings (SSSR count). The van der Waals surface area contributed by atoms with Crippen LogP contribution in [0.3, 0.4) is 0 Å². The Kier molecular flexibility index (Phi) is 7.55. The fourth-order valence-electron chi connectivity index (χ4n) is 4.45. The average molecular weight is 462 g/mol. The van der Waals surface area contributed by atoms with Gasteiger partial charge in [-0.25, -0.2) is 0 Å². The van der Waals surface area contributed by atoms with Gasteiger partial charge in [0, 0.05) is 29.0 Å². The first kappa shape index (κ1) is 23.2. The standard InChI is InChI=1S/C27H31N3O2S/c1-19-10-11-23(17-20(19)2)30(25(31)18-24-9-6-16-33-24)26(21-12-14-28-15-13-21)27(32)29-22-7-4-3-5-8-22/h6,9-17,22,26H,3-5,7-8,18H2,1-2H3,(H,29,32). The van der Waals surface area contributed by atoms with Gasteiger partial charge >= 0.3 is 0 Å². The topological polar surface area (TPSA) is 62.3 Å². The fraction of sp³-hybridized carbons (Fsp3) is 0.370. The Bertz CT molecular complexity index is 1080. The highest BCUT2D eigenvalue weighted by Crippen LogP contribution is 2.31. The van der Waals surface area contributed by atoms with Crippen LogP contribution in [0.2, 0.25) is 0 Å². The largest absolute Gasteiger partial charge is 0.351 e. The minimum absolute atomic E-state index is 0.0960. The molecule has 6 heteroatoms. The van der Waals surface area contributed by atoms with Crippen molar-refractivity contribution in [1.29, 1.82) is 0 Å². The normalized spacial score (nSPS) is 15.1. The molecule has 1 aliphatic rings. The first-order chi connectivity index (χ1) is 16.0. The first-order valence-electron chi connectivity index (χ1n) is 11.6. The third-order valence-corrected chi connectivity index (χ3v) is 7.30. The SMILES string of the molecule is Cc1ccc(N(C(=O)Cc2cccs2)C(C(=O)NC2CCCCC2)c2ccncc2)cc1C. The van der Waals surface area contributed by atoms with Crippen molar-refractivity contribution >= 4 is 28.8 Å². The van der Waals surface area contributed by atoms with E-state index >= 15 is 0 Å². The molecule has 3 aromatic rings. The van der Waals surface area contributed by atoms with Crippen LogP contribution in [0, 0.1) is 13.8 Å². The van der Waals surface area contributed by atoms with Crippen LogP contribution in [0.1, 0.15) is 59.7 Å². The molecule has 0 radical (unpaired) electrons. The summed E-state index contributed by atoms with van der Waals surface area (Å²) in [5.74, 6) is -0.229. The molecular formula is C27H31N3O2S. The summed E-state index contributed by atoms with van der Waals surface area (Å²) in [6, 6.07) is 12.9. The van der Waals surface area contributed by atoms with E-state index in [1.165, 1.54) is 6.42 Å². The maximum Gasteiger partial charge on any atom is 0.248 e. The summed E-state index contributed by atoms with van der Waals surface area (Å²) in [6.07, 6.45) is 9.06. The minimum atomic E-state index is -0.760. The van der Waals surface area contributed by atoms with E-state index < -0.39 is 6.04 Å². The summed E-state index contributed by atoms with van der Waals surface area (Å²) < 4.78 is 0. The molecule has 1 aliphatic carbocycles. The highest BCUT2D eigenvalue weighted by Gasteiger charge is 2.34. The number of nitrogens with one attached hydrogen (secondary N) is 1. The Labute approximate surface area is 199 Å². The number of carbonyl (C=O) groups is 2. The molecule has 172 valence electrons. The van der Waals surface area contributed by atoms with Crippen molar-refractivity contribution in [2.45, 2.75) is 64.5 Å². The molecule has 0 aliphatic heterocycles. The lowest BCUT2D eigenvalue weighted by Gasteiger charge is -2.33. The maximum atomic E-state index is 13.8. The number of amides is 2. The lowest BCUT2D eigenvalue weighted by atomic mass is 9.94. The van der Waals surface area contributed by atoms with Gasteiger partial charge in [-0.2, -0.15) is 0 Å². The molecule has 33 heavy (non-hydrogen) atoms. The predicted octanol–water partition coefficient (Wildman–Crippen LogP) is 5.53. The minimum Gasteiger partial charge on any atom is -0.351 e. The average Bonchev–Trinajstić information content (AvgIpc) is 3.33. The summed E-state index contributed by atoms with van der Waals surface area (Å²) in [6.45, 7) is 4.08. The highest BCUT2D eigenvalue weighted by atomic mass is 32.1. The van der Waals surface area contributed by atoms with E-state index in [9.17, 15) is 9.59 Å². The summed E-state index contributed by atoms with van der Waals surface area (Å²) in [5, 5.41) is 5.23. The second-order valence-electron chi connectivity index (χ2n) is 8.82. The molecule has 1 saturated carbocycles. The van der Waals surface area contributed by atoms with Crippen molar-refractivity contribution in [3.05, 3.63) is 81.8 Å². The number of pyridine rings is 1. The van der Waals surface area contributed by atoms with Gasteiger partial charge in [0.1, 0.15) is 6.04 Å². The van der Waals surface area contributed by atoms with E-state index in [2.05, 4.69) is 10.3 Å². The quantitative estimate of drug-likeness (QED) is 0.503. The van der Waals surface area contributed by atoms with E-state index in [4.69, 9.17) is 0 Å². The monoisotopic (exact) mass is 461 g/mol. The zero-order valence-electron chi connectivity index (χ0n) is 19.3. The van der Waals surface area contributed by atoms with Crippen LogP contribution in [-0.4, -0.2) is 22.8 Å². The van der Waals surface area contributed by atoms with Crippen LogP contribution in [-0.2, 0) is 16.0 Å². The molecule has 1 aromatic carbocycles. The van der Waals surface area contributed by atoms with Gasteiger partial charge in [0.2, 0.25) is 11.8 Å². The van der Waals surface area contributed by atoms with Crippen molar-refractivity contribution in [3.8, 4) is 0 Å². The van der Waals surface area contributed by atoms with E-state index in [-0.39, 0.29) is 24.3 Å². The summed E-state index contributed by atoms with van der Waals surface area (Å²) >= 11 is 1.56. The Morgan fingerprint density at radius 2 is 1.82 bits per heavy atom. The molecule has 0 spiro atoms. The molecule has 2 aromatic heterocycles. The predicted molar refractivity (Wildman–Crippen MR) is 133 cm³/mol. The zero-order valence-corrected chi connectivity index (χ0v) is 20.1. The van der Waals surface area contributed by atoms with Gasteiger partial charge in [-0.1, -0.05) is 31.4 Å². The number of aromatic nitrogens is 1. The van der Waals surface area contributed by atoms with Gasteiger partial charge in [0.15, 0.2) is 0 Å². The Morgan fingerprint density at radius 1 is 1.06 bits per heavy atom. The highest BCUT2D eigenvalue weighted by molar-refractivity contribution is 7.10. The molecule has 2 heterocycles. The molecular weight excluding hydrogens is 430 g/mol. The van der Waals surface area contributed by atoms with Crippen molar-refractivity contribution in [2.24, 2.45) is 0 Å². The van der Waals surface area contributed by atoms with E-state index in [1.54, 1.807) is 28.6 Å². The van der Waals surface area contributed by atoms with Crippen LogP contribution in [0.4, 0.5) is 5.69 Å². The molecule has 1 N–H and O–H groups in total. The molecule has 1 unspecified atom stereocenters. The van der Waals surface area contributed by atoms with E-state index in [1.807, 2.05) is 61.7 Å². The number of hydrogen-bond acceptors (Lipinski definition) is 4. The van der Waals surface area contributed by atoms with Gasteiger partial charge in [0.25, 0.3) is 0 Å². The van der Waals surface area contributed by atoms with Crippen molar-refractivity contribution < 1.29 is 9.59 Å². The number of nitrogens with zero attached hydrogens (tertiary/aromatic N) is 2. The molecule has 0 bridgehead atoms. The van der Waals surface area contributed by atoms with Gasteiger partial charge in [-0.3, -0.25) is 19.5 Å². The Hall–Kier alpha value is -2.99. The van der Waals surface area contributed by atoms with Gasteiger partial charge in [-0.15, -0.1) is 11.3 Å². The molecule has 1 atom stereocenters. The van der Waals surface area contributed by atoms with Crippen LogP contribution in [0.25, 0.3) is 0 Å². The van der Waals surface area contributed by atoms with Gasteiger partial charge in [0.05, 0.1) is 6.42 Å². The summed E-state index contributed by atoms with van der Waals surface area (Å²) in [7, 11) is 0. The molecule has 0 saturated heterocycles. The van der Waals surface area contributed by atoms with E-state index in [0.29, 0.717) is 0 Å². The van der Waals surface area contributed by atoms with Gasteiger partial charge in [-0.05, 0) is 79.1 Å². The second kappa shape index (κ2) is 10.8. The Morgan fingerprint density at radius 3 is 2.48 bits per heavy atom. The Balaban J connectivity index is 1.74. The summed E-state index contributed by atoms with van der Waals surface area (Å²) in [4.78, 5) is 34.3. The zero-order chi connectivity index (χ0) is 23.2. The van der Waals surface area contributed by atoms with Crippen LogP contribution < -0.4 is 10.2 Å². The van der Waals surface area contributed by atoms with Crippen LogP contribution >= 0.6 is 11.3 Å². The first-order valence-corrected chi connectivity index (χ1v) is 12.5. The van der Waals surface area contributed by atoms with Crippen LogP contribution in [0.5, 0.6) is 0 Å². The number of aryl methyl sites for hydroxylation is 2. The van der Waals surface area contributed by atoms with Gasteiger partial charge < -0.3 is 5.32 Å².